The van der Waals surface area contributed by atoms with Crippen LogP contribution in [0.15, 0.2) is 0 Å². The van der Waals surface area contributed by atoms with Crippen LogP contribution in [0.4, 0.5) is 0 Å². The summed E-state index contributed by atoms with van der Waals surface area (Å²) in [6.45, 7) is 5.79. The van der Waals surface area contributed by atoms with Gasteiger partial charge < -0.3 is 16.2 Å². The maximum absolute atomic E-state index is 8.46. The summed E-state index contributed by atoms with van der Waals surface area (Å²) in [7, 11) is 0. The largest absolute Gasteiger partial charge is 0.396 e. The second-order valence-corrected chi connectivity index (χ2v) is 3.09. The van der Waals surface area contributed by atoms with Crippen LogP contribution >= 0.6 is 0 Å². The van der Waals surface area contributed by atoms with Crippen molar-refractivity contribution in [2.24, 2.45) is 5.73 Å². The lowest BCUT2D eigenvalue weighted by atomic mass is 10.1. The first-order chi connectivity index (χ1) is 4.62. The molecule has 62 valence electrons. The van der Waals surface area contributed by atoms with E-state index < -0.39 is 0 Å². The van der Waals surface area contributed by atoms with Crippen molar-refractivity contribution >= 4 is 0 Å². The number of aliphatic hydroxyl groups is 1. The van der Waals surface area contributed by atoms with Gasteiger partial charge in [-0.05, 0) is 26.8 Å². The van der Waals surface area contributed by atoms with Crippen molar-refractivity contribution in [1.82, 2.24) is 5.32 Å². The van der Waals surface area contributed by atoms with Crippen LogP contribution in [0.2, 0.25) is 0 Å². The Balaban J connectivity index is 3.28. The van der Waals surface area contributed by atoms with E-state index in [1.807, 2.05) is 13.8 Å². The first-order valence-corrected chi connectivity index (χ1v) is 3.68. The van der Waals surface area contributed by atoms with E-state index in [0.29, 0.717) is 6.54 Å². The third-order valence-corrected chi connectivity index (χ3v) is 1.45. The summed E-state index contributed by atoms with van der Waals surface area (Å²) in [6.07, 6.45) is 0.795. The van der Waals surface area contributed by atoms with Gasteiger partial charge in [0.05, 0.1) is 0 Å². The Bertz CT molecular complexity index is 83.7. The third kappa shape index (κ3) is 4.73. The minimum Gasteiger partial charge on any atom is -0.396 e. The lowest BCUT2D eigenvalue weighted by molar-refractivity contribution is 0.276. The van der Waals surface area contributed by atoms with Crippen molar-refractivity contribution in [1.29, 1.82) is 0 Å². The van der Waals surface area contributed by atoms with Crippen LogP contribution in [-0.2, 0) is 0 Å². The molecule has 0 rings (SSSR count). The Morgan fingerprint density at radius 3 is 2.50 bits per heavy atom. The summed E-state index contributed by atoms with van der Waals surface area (Å²) in [5, 5.41) is 11.7. The number of aliphatic hydroxyl groups excluding tert-OH is 1. The number of hydrogen-bond donors (Lipinski definition) is 3. The standard InChI is InChI=1S/C7H18N2O/c1-7(2,6-8)9-4-3-5-10/h9-10H,3-6,8H2,1-2H3. The number of nitrogens with one attached hydrogen (secondary N) is 1. The molecule has 0 amide bonds. The zero-order chi connectivity index (χ0) is 8.04. The topological polar surface area (TPSA) is 58.3 Å². The molecule has 0 aromatic heterocycles. The number of hydrogen-bond acceptors (Lipinski definition) is 3. The van der Waals surface area contributed by atoms with Crippen molar-refractivity contribution in [3.8, 4) is 0 Å². The fourth-order valence-electron chi connectivity index (χ4n) is 0.578. The van der Waals surface area contributed by atoms with Crippen LogP contribution in [-0.4, -0.2) is 30.3 Å². The fourth-order valence-corrected chi connectivity index (χ4v) is 0.578. The Kier molecular flexibility index (Phi) is 4.60. The molecule has 0 aliphatic carbocycles. The monoisotopic (exact) mass is 146 g/mol. The summed E-state index contributed by atoms with van der Waals surface area (Å²) < 4.78 is 0. The van der Waals surface area contributed by atoms with Gasteiger partial charge in [0.25, 0.3) is 0 Å². The third-order valence-electron chi connectivity index (χ3n) is 1.45. The molecule has 3 heteroatoms. The molecular weight excluding hydrogens is 128 g/mol. The normalized spacial score (nSPS) is 12.0. The van der Waals surface area contributed by atoms with Gasteiger partial charge in [-0.3, -0.25) is 0 Å². The summed E-state index contributed by atoms with van der Waals surface area (Å²) >= 11 is 0. The molecule has 0 bridgehead atoms. The van der Waals surface area contributed by atoms with E-state index in [-0.39, 0.29) is 12.1 Å². The molecule has 0 unspecified atom stereocenters. The molecule has 0 aromatic rings. The highest BCUT2D eigenvalue weighted by Crippen LogP contribution is 1.96. The molecule has 0 saturated heterocycles. The SMILES string of the molecule is CC(C)(CN)NCCCO. The van der Waals surface area contributed by atoms with E-state index >= 15 is 0 Å². The highest BCUT2D eigenvalue weighted by Gasteiger charge is 2.12. The summed E-state index contributed by atoms with van der Waals surface area (Å²) in [6, 6.07) is 0. The van der Waals surface area contributed by atoms with Gasteiger partial charge in [-0.15, -0.1) is 0 Å². The lowest BCUT2D eigenvalue weighted by Gasteiger charge is -2.23. The molecule has 0 aliphatic rings. The molecule has 3 nitrogen and oxygen atoms in total. The van der Waals surface area contributed by atoms with E-state index in [9.17, 15) is 0 Å². The molecule has 0 aromatic carbocycles. The van der Waals surface area contributed by atoms with E-state index in [2.05, 4.69) is 5.32 Å². The summed E-state index contributed by atoms with van der Waals surface area (Å²) in [5.74, 6) is 0. The smallest absolute Gasteiger partial charge is 0.0443 e. The predicted molar refractivity (Wildman–Crippen MR) is 42.8 cm³/mol. The molecule has 0 spiro atoms. The zero-order valence-electron chi connectivity index (χ0n) is 6.85. The van der Waals surface area contributed by atoms with Crippen molar-refractivity contribution in [2.75, 3.05) is 19.7 Å². The van der Waals surface area contributed by atoms with Crippen LogP contribution in [0.25, 0.3) is 0 Å². The Morgan fingerprint density at radius 2 is 2.10 bits per heavy atom. The van der Waals surface area contributed by atoms with Crippen molar-refractivity contribution in [3.05, 3.63) is 0 Å². The highest BCUT2D eigenvalue weighted by atomic mass is 16.3. The molecule has 0 fully saturated rings. The Hall–Kier alpha value is -0.120. The quantitative estimate of drug-likeness (QED) is 0.467. The molecule has 4 N–H and O–H groups in total. The molecule has 10 heavy (non-hydrogen) atoms. The van der Waals surface area contributed by atoms with Crippen LogP contribution in [0.5, 0.6) is 0 Å². The molecule has 0 radical (unpaired) electrons. The Morgan fingerprint density at radius 1 is 1.50 bits per heavy atom. The average molecular weight is 146 g/mol. The van der Waals surface area contributed by atoms with Crippen molar-refractivity contribution < 1.29 is 5.11 Å². The number of nitrogens with two attached hydrogens (primary N) is 1. The summed E-state index contributed by atoms with van der Waals surface area (Å²) in [4.78, 5) is 0. The minimum atomic E-state index is 0.00910. The van der Waals surface area contributed by atoms with Gasteiger partial charge in [-0.1, -0.05) is 0 Å². The van der Waals surface area contributed by atoms with E-state index in [1.54, 1.807) is 0 Å². The first kappa shape index (κ1) is 9.88. The predicted octanol–water partition coefficient (Wildman–Crippen LogP) is -0.304. The van der Waals surface area contributed by atoms with Crippen LogP contribution in [0.3, 0.4) is 0 Å². The van der Waals surface area contributed by atoms with Crippen LogP contribution in [0.1, 0.15) is 20.3 Å². The van der Waals surface area contributed by atoms with E-state index in [4.69, 9.17) is 10.8 Å². The highest BCUT2D eigenvalue weighted by molar-refractivity contribution is 4.77. The number of rotatable bonds is 5. The maximum atomic E-state index is 8.46. The molecular formula is C7H18N2O. The second-order valence-electron chi connectivity index (χ2n) is 3.09. The molecule has 0 atom stereocenters. The van der Waals surface area contributed by atoms with Crippen molar-refractivity contribution in [2.45, 2.75) is 25.8 Å². The second kappa shape index (κ2) is 4.66. The molecule has 0 heterocycles. The van der Waals surface area contributed by atoms with Gasteiger partial charge in [0.2, 0.25) is 0 Å². The Labute approximate surface area is 62.6 Å². The van der Waals surface area contributed by atoms with Crippen LogP contribution in [0, 0.1) is 0 Å². The lowest BCUT2D eigenvalue weighted by Crippen LogP contribution is -2.46. The van der Waals surface area contributed by atoms with Gasteiger partial charge in [-0.25, -0.2) is 0 Å². The minimum absolute atomic E-state index is 0.00910. The van der Waals surface area contributed by atoms with Crippen LogP contribution < -0.4 is 11.1 Å². The molecule has 0 saturated carbocycles. The van der Waals surface area contributed by atoms with Gasteiger partial charge in [0, 0.05) is 18.7 Å². The van der Waals surface area contributed by atoms with Gasteiger partial charge >= 0.3 is 0 Å². The van der Waals surface area contributed by atoms with E-state index in [1.165, 1.54) is 0 Å². The van der Waals surface area contributed by atoms with Gasteiger partial charge in [0.1, 0.15) is 0 Å². The maximum Gasteiger partial charge on any atom is 0.0443 e. The van der Waals surface area contributed by atoms with Gasteiger partial charge in [0.15, 0.2) is 0 Å². The van der Waals surface area contributed by atoms with Crippen molar-refractivity contribution in [3.63, 3.8) is 0 Å². The fraction of sp³-hybridized carbons (Fsp3) is 1.00. The average Bonchev–Trinajstić information content (AvgIpc) is 1.89. The zero-order valence-corrected chi connectivity index (χ0v) is 6.85. The summed E-state index contributed by atoms with van der Waals surface area (Å²) in [5.41, 5.74) is 5.47. The van der Waals surface area contributed by atoms with Gasteiger partial charge in [-0.2, -0.15) is 0 Å². The van der Waals surface area contributed by atoms with E-state index in [0.717, 1.165) is 13.0 Å². The first-order valence-electron chi connectivity index (χ1n) is 3.68. The molecule has 0 aliphatic heterocycles.